The number of carbonyl (C=O) groups is 1. The number of carbonyl (C=O) groups excluding carboxylic acids is 1. The maximum atomic E-state index is 13.4. The van der Waals surface area contributed by atoms with E-state index in [2.05, 4.69) is 4.98 Å². The van der Waals surface area contributed by atoms with Crippen LogP contribution >= 0.6 is 0 Å². The summed E-state index contributed by atoms with van der Waals surface area (Å²) in [5, 5.41) is 9.84. The van der Waals surface area contributed by atoms with Gasteiger partial charge in [-0.15, -0.1) is 0 Å². The number of halogens is 2. The van der Waals surface area contributed by atoms with Gasteiger partial charge >= 0.3 is 0 Å². The minimum absolute atomic E-state index is 0.0863. The van der Waals surface area contributed by atoms with Gasteiger partial charge in [-0.2, -0.15) is 0 Å². The Morgan fingerprint density at radius 3 is 2.62 bits per heavy atom. The van der Waals surface area contributed by atoms with Crippen molar-refractivity contribution in [3.63, 3.8) is 0 Å². The van der Waals surface area contributed by atoms with E-state index in [-0.39, 0.29) is 43.5 Å². The molecule has 5 nitrogen and oxygen atoms in total. The molecule has 1 aliphatic rings. The third kappa shape index (κ3) is 4.83. The smallest absolute Gasteiger partial charge is 0.248 e. The maximum absolute atomic E-state index is 13.4. The van der Waals surface area contributed by atoms with E-state index in [0.717, 1.165) is 5.56 Å². The Morgan fingerprint density at radius 1 is 1.22 bits per heavy atom. The molecule has 4 rings (SSSR count). The lowest BCUT2D eigenvalue weighted by molar-refractivity contribution is -0.0498. The lowest BCUT2D eigenvalue weighted by Gasteiger charge is -2.28. The number of pyridine rings is 1. The monoisotopic (exact) mass is 442 g/mol. The molecule has 170 valence electrons. The van der Waals surface area contributed by atoms with Gasteiger partial charge in [0, 0.05) is 31.4 Å². The largest absolute Gasteiger partial charge is 0.489 e. The molecule has 1 aliphatic carbocycles. The van der Waals surface area contributed by atoms with Crippen molar-refractivity contribution in [1.82, 2.24) is 9.38 Å². The highest BCUT2D eigenvalue weighted by Crippen LogP contribution is 2.36. The highest BCUT2D eigenvalue weighted by Gasteiger charge is 2.35. The highest BCUT2D eigenvalue weighted by molar-refractivity contribution is 5.97. The molecular weight excluding hydrogens is 414 g/mol. The van der Waals surface area contributed by atoms with Crippen molar-refractivity contribution in [2.45, 2.75) is 50.9 Å². The number of imidazole rings is 1. The molecule has 7 heteroatoms. The third-order valence-corrected chi connectivity index (χ3v) is 6.29. The number of fused-ring (bicyclic) bond motifs is 1. The number of aryl methyl sites for hydroxylation is 1. The quantitative estimate of drug-likeness (QED) is 0.487. The summed E-state index contributed by atoms with van der Waals surface area (Å²) in [7, 11) is 0. The molecule has 0 radical (unpaired) electrons. The van der Waals surface area contributed by atoms with Gasteiger partial charge in [0.1, 0.15) is 5.69 Å². The van der Waals surface area contributed by atoms with Gasteiger partial charge in [0.15, 0.2) is 17.2 Å². The molecule has 1 atom stereocenters. The number of Topliss-reactive ketones (excluding diaryl/α,β-unsaturated/α-hetero) is 1. The first-order chi connectivity index (χ1) is 15.4. The van der Waals surface area contributed by atoms with Crippen LogP contribution < -0.4 is 4.74 Å². The van der Waals surface area contributed by atoms with Crippen molar-refractivity contribution in [2.75, 3.05) is 13.2 Å². The Labute approximate surface area is 186 Å². The second-order valence-electron chi connectivity index (χ2n) is 8.64. The normalized spacial score (nSPS) is 17.4. The second kappa shape index (κ2) is 9.36. The Hall–Kier alpha value is -2.80. The first-order valence-electron chi connectivity index (χ1n) is 11.1. The van der Waals surface area contributed by atoms with Crippen molar-refractivity contribution >= 4 is 11.4 Å². The number of hydrogen-bond acceptors (Lipinski definition) is 4. The number of ether oxygens (including phenoxy) is 1. The number of nitrogens with zero attached hydrogens (tertiary/aromatic N) is 2. The minimum atomic E-state index is -2.56. The summed E-state index contributed by atoms with van der Waals surface area (Å²) < 4.78 is 34.5. The average molecular weight is 443 g/mol. The van der Waals surface area contributed by atoms with Crippen LogP contribution in [0.15, 0.2) is 48.7 Å². The van der Waals surface area contributed by atoms with Gasteiger partial charge in [0.2, 0.25) is 5.92 Å². The van der Waals surface area contributed by atoms with E-state index in [9.17, 15) is 18.7 Å². The number of rotatable bonds is 8. The van der Waals surface area contributed by atoms with Crippen LogP contribution in [-0.2, 0) is 0 Å². The highest BCUT2D eigenvalue weighted by atomic mass is 19.3. The first kappa shape index (κ1) is 22.4. The number of hydrogen-bond donors (Lipinski definition) is 1. The summed E-state index contributed by atoms with van der Waals surface area (Å²) in [6, 6.07) is 13.1. The fourth-order valence-corrected chi connectivity index (χ4v) is 4.41. The summed E-state index contributed by atoms with van der Waals surface area (Å²) in [4.78, 5) is 17.7. The minimum Gasteiger partial charge on any atom is -0.489 e. The van der Waals surface area contributed by atoms with Gasteiger partial charge in [0.25, 0.3) is 0 Å². The molecular formula is C25H28F2N2O3. The number of aliphatic hydroxyl groups is 1. The van der Waals surface area contributed by atoms with E-state index >= 15 is 0 Å². The maximum Gasteiger partial charge on any atom is 0.248 e. The predicted octanol–water partition coefficient (Wildman–Crippen LogP) is 5.20. The van der Waals surface area contributed by atoms with Crippen LogP contribution in [-0.4, -0.2) is 39.4 Å². The topological polar surface area (TPSA) is 63.8 Å². The average Bonchev–Trinajstić information content (AvgIpc) is 3.13. The molecule has 1 N–H and O–H groups in total. The van der Waals surface area contributed by atoms with Crippen LogP contribution in [0.25, 0.3) is 5.65 Å². The van der Waals surface area contributed by atoms with Crippen molar-refractivity contribution in [3.05, 3.63) is 65.6 Å². The van der Waals surface area contributed by atoms with Crippen LogP contribution in [0.2, 0.25) is 0 Å². The molecule has 0 aliphatic heterocycles. The molecule has 0 amide bonds. The molecule has 0 unspecified atom stereocenters. The standard InChI is InChI=1S/C25H28F2N2O3/c1-17-23(21(31)14-20(15-30)19-6-3-2-4-7-19)29-13-5-8-22(24(29)28-17)32-16-18-9-11-25(26,27)12-10-18/h2-8,13,18,20,30H,9-12,14-16H2,1H3/t20-/m0/s1. The van der Waals surface area contributed by atoms with Crippen molar-refractivity contribution in [2.24, 2.45) is 5.92 Å². The molecule has 0 spiro atoms. The van der Waals surface area contributed by atoms with E-state index in [1.54, 1.807) is 29.7 Å². The molecule has 1 saturated carbocycles. The van der Waals surface area contributed by atoms with E-state index < -0.39 is 5.92 Å². The fourth-order valence-electron chi connectivity index (χ4n) is 4.41. The third-order valence-electron chi connectivity index (χ3n) is 6.29. The number of ketones is 1. The van der Waals surface area contributed by atoms with E-state index in [4.69, 9.17) is 4.74 Å². The summed E-state index contributed by atoms with van der Waals surface area (Å²) >= 11 is 0. The Balaban J connectivity index is 1.51. The Bertz CT molecular complexity index is 1070. The van der Waals surface area contributed by atoms with Gasteiger partial charge in [0.05, 0.1) is 18.9 Å². The molecule has 0 saturated heterocycles. The van der Waals surface area contributed by atoms with Gasteiger partial charge in [-0.1, -0.05) is 30.3 Å². The molecule has 32 heavy (non-hydrogen) atoms. The Kier molecular flexibility index (Phi) is 6.55. The molecule has 1 aromatic carbocycles. The van der Waals surface area contributed by atoms with Crippen LogP contribution in [0, 0.1) is 12.8 Å². The summed E-state index contributed by atoms with van der Waals surface area (Å²) in [6.45, 7) is 2.01. The zero-order valence-electron chi connectivity index (χ0n) is 18.1. The van der Waals surface area contributed by atoms with Crippen LogP contribution in [0.5, 0.6) is 5.75 Å². The second-order valence-corrected chi connectivity index (χ2v) is 8.64. The summed E-state index contributed by atoms with van der Waals surface area (Å²) in [5.74, 6) is -2.34. The van der Waals surface area contributed by atoms with Gasteiger partial charge in [-0.3, -0.25) is 9.20 Å². The van der Waals surface area contributed by atoms with E-state index in [0.29, 0.717) is 42.2 Å². The number of aliphatic hydroxyl groups excluding tert-OH is 1. The summed E-state index contributed by atoms with van der Waals surface area (Å²) in [6.07, 6.45) is 2.62. The zero-order chi connectivity index (χ0) is 22.7. The molecule has 0 bridgehead atoms. The molecule has 1 fully saturated rings. The number of benzene rings is 1. The van der Waals surface area contributed by atoms with E-state index in [1.165, 1.54) is 0 Å². The lowest BCUT2D eigenvalue weighted by atomic mass is 9.87. The van der Waals surface area contributed by atoms with E-state index in [1.807, 2.05) is 30.3 Å². The number of aromatic nitrogens is 2. The molecule has 3 aromatic rings. The van der Waals surface area contributed by atoms with Crippen LogP contribution in [0.3, 0.4) is 0 Å². The van der Waals surface area contributed by atoms with Gasteiger partial charge in [-0.25, -0.2) is 13.8 Å². The predicted molar refractivity (Wildman–Crippen MR) is 118 cm³/mol. The zero-order valence-corrected chi connectivity index (χ0v) is 18.1. The van der Waals surface area contributed by atoms with Crippen LogP contribution in [0.4, 0.5) is 8.78 Å². The lowest BCUT2D eigenvalue weighted by Crippen LogP contribution is -2.27. The van der Waals surface area contributed by atoms with Crippen molar-refractivity contribution in [3.8, 4) is 5.75 Å². The van der Waals surface area contributed by atoms with Gasteiger partial charge < -0.3 is 9.84 Å². The SMILES string of the molecule is Cc1nc2c(OCC3CCC(F)(F)CC3)cccn2c1C(=O)C[C@@H](CO)c1ccccc1. The molecule has 2 heterocycles. The first-order valence-corrected chi connectivity index (χ1v) is 11.1. The molecule has 2 aromatic heterocycles. The van der Waals surface area contributed by atoms with Gasteiger partial charge in [-0.05, 0) is 43.4 Å². The Morgan fingerprint density at radius 2 is 1.94 bits per heavy atom. The van der Waals surface area contributed by atoms with Crippen LogP contribution in [0.1, 0.15) is 59.8 Å². The van der Waals surface area contributed by atoms with Crippen molar-refractivity contribution in [1.29, 1.82) is 0 Å². The number of alkyl halides is 2. The fraction of sp³-hybridized carbons (Fsp3) is 0.440. The van der Waals surface area contributed by atoms with Crippen molar-refractivity contribution < 1.29 is 23.4 Å². The summed E-state index contributed by atoms with van der Waals surface area (Å²) in [5.41, 5.74) is 2.51.